The summed E-state index contributed by atoms with van der Waals surface area (Å²) in [7, 11) is 1.63. The molecule has 1 aliphatic heterocycles. The van der Waals surface area contributed by atoms with Crippen molar-refractivity contribution in [3.63, 3.8) is 0 Å². The monoisotopic (exact) mass is 426 g/mol. The Labute approximate surface area is 158 Å². The molecule has 2 atom stereocenters. The normalized spacial score (nSPS) is 19.0. The molecule has 3 rings (SSSR count). The number of hydrogen-bond donors (Lipinski definition) is 1. The minimum absolute atomic E-state index is 0.240. The van der Waals surface area contributed by atoms with Crippen LogP contribution < -0.4 is 9.64 Å². The lowest BCUT2D eigenvalue weighted by atomic mass is 10.0. The van der Waals surface area contributed by atoms with E-state index < -0.39 is 11.2 Å². The number of nitrogens with zero attached hydrogens (tertiary/aromatic N) is 4. The number of alkyl halides is 1. The highest BCUT2D eigenvalue weighted by Gasteiger charge is 2.37. The molecular formula is C16H19BrN4O3S. The zero-order chi connectivity index (χ0) is 18.1. The number of carbonyl (C=O) groups is 1. The van der Waals surface area contributed by atoms with E-state index >= 15 is 0 Å². The van der Waals surface area contributed by atoms with Gasteiger partial charge in [0, 0.05) is 7.05 Å². The van der Waals surface area contributed by atoms with Crippen molar-refractivity contribution in [2.24, 2.45) is 0 Å². The van der Waals surface area contributed by atoms with Crippen molar-refractivity contribution in [1.29, 1.82) is 0 Å². The molecule has 7 nitrogen and oxygen atoms in total. The summed E-state index contributed by atoms with van der Waals surface area (Å²) < 4.78 is 5.99. The summed E-state index contributed by atoms with van der Waals surface area (Å²) in [6.45, 7) is 4.44. The number of aliphatic hydroxyl groups excluding tert-OH is 1. The van der Waals surface area contributed by atoms with Crippen LogP contribution in [0.4, 0.5) is 9.93 Å². The molecule has 2 unspecified atom stereocenters. The largest absolute Gasteiger partial charge is 0.472 e. The number of ether oxygens (including phenoxy) is 1. The Morgan fingerprint density at radius 2 is 2.08 bits per heavy atom. The van der Waals surface area contributed by atoms with Crippen molar-refractivity contribution in [2.75, 3.05) is 18.5 Å². The second kappa shape index (κ2) is 7.27. The van der Waals surface area contributed by atoms with Gasteiger partial charge in [-0.2, -0.15) is 0 Å². The number of likely N-dealkylation sites (N-methyl/N-ethyl adjacent to an activating group) is 1. The van der Waals surface area contributed by atoms with Crippen molar-refractivity contribution in [2.45, 2.75) is 31.0 Å². The van der Waals surface area contributed by atoms with Crippen molar-refractivity contribution in [1.82, 2.24) is 15.1 Å². The van der Waals surface area contributed by atoms with Gasteiger partial charge in [-0.25, -0.2) is 9.69 Å². The van der Waals surface area contributed by atoms with Crippen molar-refractivity contribution < 1.29 is 14.6 Å². The van der Waals surface area contributed by atoms with Crippen molar-refractivity contribution in [3.8, 4) is 5.75 Å². The molecule has 2 aromatic rings. The Balaban J connectivity index is 1.78. The molecule has 25 heavy (non-hydrogen) atoms. The molecule has 1 aromatic heterocycles. The van der Waals surface area contributed by atoms with E-state index in [0.717, 1.165) is 11.3 Å². The van der Waals surface area contributed by atoms with Gasteiger partial charge in [0.05, 0.1) is 6.54 Å². The van der Waals surface area contributed by atoms with Gasteiger partial charge in [0.2, 0.25) is 10.1 Å². The fourth-order valence-corrected chi connectivity index (χ4v) is 3.93. The van der Waals surface area contributed by atoms with E-state index in [2.05, 4.69) is 40.0 Å². The van der Waals surface area contributed by atoms with Crippen LogP contribution >= 0.6 is 27.3 Å². The van der Waals surface area contributed by atoms with Gasteiger partial charge in [0.25, 0.3) is 0 Å². The molecule has 9 heteroatoms. The van der Waals surface area contributed by atoms with Gasteiger partial charge in [-0.1, -0.05) is 43.4 Å². The number of hydrogen-bond acceptors (Lipinski definition) is 6. The van der Waals surface area contributed by atoms with E-state index in [4.69, 9.17) is 4.74 Å². The van der Waals surface area contributed by atoms with E-state index in [0.29, 0.717) is 16.1 Å². The molecule has 0 radical (unpaired) electrons. The lowest BCUT2D eigenvalue weighted by molar-refractivity contribution is 0.183. The average molecular weight is 427 g/mol. The van der Waals surface area contributed by atoms with Gasteiger partial charge in [0.15, 0.2) is 11.2 Å². The Hall–Kier alpha value is -1.71. The molecule has 1 aromatic carbocycles. The van der Waals surface area contributed by atoms with Crippen LogP contribution in [-0.2, 0) is 0 Å². The quantitative estimate of drug-likeness (QED) is 0.741. The third-order valence-corrected chi connectivity index (χ3v) is 5.76. The first kappa shape index (κ1) is 18.1. The van der Waals surface area contributed by atoms with Crippen LogP contribution in [0.3, 0.4) is 0 Å². The number of urea groups is 1. The van der Waals surface area contributed by atoms with Gasteiger partial charge < -0.3 is 14.7 Å². The highest BCUT2D eigenvalue weighted by Crippen LogP contribution is 2.36. The first-order chi connectivity index (χ1) is 11.9. The summed E-state index contributed by atoms with van der Waals surface area (Å²) in [6, 6.07) is 7.54. The fraction of sp³-hybridized carbons (Fsp3) is 0.438. The number of benzene rings is 1. The van der Waals surface area contributed by atoms with E-state index in [1.807, 2.05) is 24.3 Å². The van der Waals surface area contributed by atoms with Crippen molar-refractivity contribution >= 4 is 38.4 Å². The molecule has 2 heterocycles. The first-order valence-electron chi connectivity index (χ1n) is 7.84. The van der Waals surface area contributed by atoms with E-state index in [-0.39, 0.29) is 12.6 Å². The van der Waals surface area contributed by atoms with E-state index in [1.54, 1.807) is 7.05 Å². The first-order valence-corrected chi connectivity index (χ1v) is 9.57. The lowest BCUT2D eigenvalue weighted by Gasteiger charge is -2.16. The lowest BCUT2D eigenvalue weighted by Crippen LogP contribution is -2.34. The third-order valence-electron chi connectivity index (χ3n) is 3.87. The number of aromatic nitrogens is 2. The zero-order valence-corrected chi connectivity index (χ0v) is 16.5. The second-order valence-electron chi connectivity index (χ2n) is 6.06. The number of halogens is 1. The van der Waals surface area contributed by atoms with E-state index in [1.165, 1.54) is 21.1 Å². The molecule has 1 saturated heterocycles. The van der Waals surface area contributed by atoms with Crippen LogP contribution in [0.2, 0.25) is 0 Å². The van der Waals surface area contributed by atoms with Crippen LogP contribution in [0, 0.1) is 0 Å². The fourth-order valence-electron chi connectivity index (χ4n) is 2.57. The maximum Gasteiger partial charge on any atom is 0.328 e. The van der Waals surface area contributed by atoms with Gasteiger partial charge in [-0.05, 0) is 33.5 Å². The topological polar surface area (TPSA) is 78.8 Å². The molecule has 2 amide bonds. The Bertz CT molecular complexity index is 769. The maximum absolute atomic E-state index is 12.1. The summed E-state index contributed by atoms with van der Waals surface area (Å²) in [5, 5.41) is 18.6. The van der Waals surface area contributed by atoms with Gasteiger partial charge in [-0.3, -0.25) is 0 Å². The number of anilines is 1. The minimum atomic E-state index is -0.922. The maximum atomic E-state index is 12.1. The Kier molecular flexibility index (Phi) is 5.26. The molecule has 1 fully saturated rings. The molecule has 1 N–H and O–H groups in total. The average Bonchev–Trinajstić information content (AvgIpc) is 3.13. The van der Waals surface area contributed by atoms with Crippen molar-refractivity contribution in [3.05, 3.63) is 34.8 Å². The summed E-state index contributed by atoms with van der Waals surface area (Å²) in [6.07, 6.45) is -0.922. The van der Waals surface area contributed by atoms with E-state index in [9.17, 15) is 9.90 Å². The molecule has 0 saturated carbocycles. The molecule has 134 valence electrons. The standard InChI is InChI=1S/C16H19BrN4O3S/c1-9(2)10-6-4-5-7-11(10)24-13(17)14-18-19-15(25-14)21-12(22)8-20(3)16(21)23/h4-7,9,12-13,22H,8H2,1-3H3. The Morgan fingerprint density at radius 1 is 1.36 bits per heavy atom. The third kappa shape index (κ3) is 3.63. The summed E-state index contributed by atoms with van der Waals surface area (Å²) >= 11 is 4.68. The summed E-state index contributed by atoms with van der Waals surface area (Å²) in [4.78, 5) is 14.8. The zero-order valence-electron chi connectivity index (χ0n) is 14.1. The van der Waals surface area contributed by atoms with Gasteiger partial charge >= 0.3 is 6.03 Å². The minimum Gasteiger partial charge on any atom is -0.472 e. The number of carbonyl (C=O) groups excluding carboxylic acids is 1. The predicted molar refractivity (Wildman–Crippen MR) is 99.2 cm³/mol. The predicted octanol–water partition coefficient (Wildman–Crippen LogP) is 3.32. The number of para-hydroxylation sites is 1. The molecule has 1 aliphatic rings. The summed E-state index contributed by atoms with van der Waals surface area (Å²) in [5.41, 5.74) is 1.10. The van der Waals surface area contributed by atoms with Crippen LogP contribution in [0.5, 0.6) is 5.75 Å². The number of rotatable bonds is 5. The van der Waals surface area contributed by atoms with Crippen LogP contribution in [0.15, 0.2) is 24.3 Å². The van der Waals surface area contributed by atoms with Gasteiger partial charge in [0.1, 0.15) is 5.75 Å². The molecule has 0 spiro atoms. The highest BCUT2D eigenvalue weighted by atomic mass is 79.9. The van der Waals surface area contributed by atoms with Crippen LogP contribution in [-0.4, -0.2) is 46.1 Å². The molecule has 0 bridgehead atoms. The summed E-state index contributed by atoms with van der Waals surface area (Å²) in [5.74, 6) is 1.10. The number of aliphatic hydroxyl groups is 1. The van der Waals surface area contributed by atoms with Crippen LogP contribution in [0.1, 0.15) is 35.3 Å². The molecule has 0 aliphatic carbocycles. The smallest absolute Gasteiger partial charge is 0.328 e. The SMILES string of the molecule is CC(C)c1ccccc1OC(Br)c1nnc(N2C(=O)N(C)CC2O)s1. The van der Waals surface area contributed by atoms with Gasteiger partial charge in [-0.15, -0.1) is 10.2 Å². The number of amides is 2. The highest BCUT2D eigenvalue weighted by molar-refractivity contribution is 9.09. The Morgan fingerprint density at radius 3 is 2.72 bits per heavy atom. The second-order valence-corrected chi connectivity index (χ2v) is 7.88. The van der Waals surface area contributed by atoms with Crippen LogP contribution in [0.25, 0.3) is 0 Å². The number of β-amino-alcohol motifs (C(OH)–C–C–N with tert-alkyl or cyclic N) is 1. The molecular weight excluding hydrogens is 408 g/mol.